The molecule has 0 unspecified atom stereocenters. The fourth-order valence-electron chi connectivity index (χ4n) is 3.07. The average Bonchev–Trinajstić information content (AvgIpc) is 3.04. The van der Waals surface area contributed by atoms with Gasteiger partial charge in [-0.25, -0.2) is 4.98 Å². The lowest BCUT2D eigenvalue weighted by Gasteiger charge is -2.26. The van der Waals surface area contributed by atoms with Gasteiger partial charge in [0, 0.05) is 44.5 Å². The van der Waals surface area contributed by atoms with E-state index in [0.29, 0.717) is 5.92 Å². The monoisotopic (exact) mass is 299 g/mol. The van der Waals surface area contributed by atoms with Crippen LogP contribution < -0.4 is 0 Å². The van der Waals surface area contributed by atoms with E-state index >= 15 is 0 Å². The van der Waals surface area contributed by atoms with Crippen molar-refractivity contribution in [1.29, 1.82) is 0 Å². The summed E-state index contributed by atoms with van der Waals surface area (Å²) < 4.78 is 7.70. The largest absolute Gasteiger partial charge is 0.379 e. The number of hydrogen-bond donors (Lipinski definition) is 0. The molecule has 0 aliphatic carbocycles. The zero-order chi connectivity index (χ0) is 15.2. The van der Waals surface area contributed by atoms with Crippen molar-refractivity contribution >= 4 is 0 Å². The van der Waals surface area contributed by atoms with Crippen LogP contribution in [0.25, 0.3) is 0 Å². The number of benzene rings is 1. The van der Waals surface area contributed by atoms with E-state index in [1.165, 1.54) is 5.56 Å². The average molecular weight is 299 g/mol. The zero-order valence-electron chi connectivity index (χ0n) is 13.3. The molecule has 1 fully saturated rings. The van der Waals surface area contributed by atoms with Crippen molar-refractivity contribution in [3.05, 3.63) is 54.1 Å². The van der Waals surface area contributed by atoms with E-state index < -0.39 is 0 Å². The first kappa shape index (κ1) is 15.3. The summed E-state index contributed by atoms with van der Waals surface area (Å²) in [5.74, 6) is 1.49. The molecule has 4 nitrogen and oxygen atoms in total. The molecule has 0 amide bonds. The van der Waals surface area contributed by atoms with Gasteiger partial charge in [-0.1, -0.05) is 37.3 Å². The summed E-state index contributed by atoms with van der Waals surface area (Å²) >= 11 is 0. The fraction of sp³-hybridized carbons (Fsp3) is 0.500. The van der Waals surface area contributed by atoms with Gasteiger partial charge in [-0.05, 0) is 12.0 Å². The van der Waals surface area contributed by atoms with Gasteiger partial charge in [0.15, 0.2) is 0 Å². The lowest BCUT2D eigenvalue weighted by atomic mass is 10.0. The Hall–Kier alpha value is -1.65. The molecule has 0 spiro atoms. The van der Waals surface area contributed by atoms with Gasteiger partial charge in [0.25, 0.3) is 0 Å². The molecule has 0 bridgehead atoms. The van der Waals surface area contributed by atoms with Crippen molar-refractivity contribution in [3.63, 3.8) is 0 Å². The Morgan fingerprint density at radius 2 is 1.91 bits per heavy atom. The van der Waals surface area contributed by atoms with Crippen LogP contribution in [-0.4, -0.2) is 47.3 Å². The minimum atomic E-state index is 0.333. The Balaban J connectivity index is 1.57. The lowest BCUT2D eigenvalue weighted by Crippen LogP contribution is -2.37. The number of imidazole rings is 1. The third-order valence-corrected chi connectivity index (χ3v) is 4.41. The van der Waals surface area contributed by atoms with E-state index in [1.54, 1.807) is 0 Å². The minimum Gasteiger partial charge on any atom is -0.379 e. The maximum atomic E-state index is 5.39. The van der Waals surface area contributed by atoms with Crippen LogP contribution in [0.15, 0.2) is 42.7 Å². The zero-order valence-corrected chi connectivity index (χ0v) is 13.3. The smallest absolute Gasteiger partial charge is 0.115 e. The SMILES string of the molecule is C[C@@H](c1ccccc1)c1nccn1CCCN1CCOCC1. The van der Waals surface area contributed by atoms with Gasteiger partial charge in [0.05, 0.1) is 13.2 Å². The van der Waals surface area contributed by atoms with Gasteiger partial charge < -0.3 is 9.30 Å². The first-order chi connectivity index (χ1) is 10.8. The molecule has 0 N–H and O–H groups in total. The van der Waals surface area contributed by atoms with Crippen LogP contribution >= 0.6 is 0 Å². The standard InChI is InChI=1S/C18H25N3O/c1-16(17-6-3-2-4-7-17)18-19-8-11-21(18)10-5-9-20-12-14-22-15-13-20/h2-4,6-8,11,16H,5,9-10,12-15H2,1H3/t16-/m0/s1. The van der Waals surface area contributed by atoms with Gasteiger partial charge in [0.1, 0.15) is 5.82 Å². The van der Waals surface area contributed by atoms with Gasteiger partial charge >= 0.3 is 0 Å². The van der Waals surface area contributed by atoms with E-state index in [1.807, 2.05) is 6.20 Å². The summed E-state index contributed by atoms with van der Waals surface area (Å²) in [6.45, 7) is 8.29. The Morgan fingerprint density at radius 3 is 2.68 bits per heavy atom. The van der Waals surface area contributed by atoms with Crippen LogP contribution in [0.5, 0.6) is 0 Å². The Morgan fingerprint density at radius 1 is 1.14 bits per heavy atom. The molecule has 1 aromatic carbocycles. The lowest BCUT2D eigenvalue weighted by molar-refractivity contribution is 0.0369. The Kier molecular flexibility index (Phi) is 5.24. The fourth-order valence-corrected chi connectivity index (χ4v) is 3.07. The first-order valence-electron chi connectivity index (χ1n) is 8.20. The predicted octanol–water partition coefficient (Wildman–Crippen LogP) is 2.76. The molecule has 2 heterocycles. The molecule has 1 aliphatic heterocycles. The molecule has 0 saturated carbocycles. The maximum Gasteiger partial charge on any atom is 0.115 e. The number of aryl methyl sites for hydroxylation is 1. The van der Waals surface area contributed by atoms with E-state index in [0.717, 1.165) is 51.6 Å². The van der Waals surface area contributed by atoms with Crippen molar-refractivity contribution in [2.24, 2.45) is 0 Å². The number of rotatable bonds is 6. The van der Waals surface area contributed by atoms with Crippen molar-refractivity contribution in [2.75, 3.05) is 32.8 Å². The normalized spacial score (nSPS) is 17.5. The van der Waals surface area contributed by atoms with Gasteiger partial charge in [-0.2, -0.15) is 0 Å². The highest BCUT2D eigenvalue weighted by atomic mass is 16.5. The second-order valence-electron chi connectivity index (χ2n) is 5.92. The molecule has 0 radical (unpaired) electrons. The molecule has 118 valence electrons. The number of aromatic nitrogens is 2. The molecule has 1 atom stereocenters. The highest BCUT2D eigenvalue weighted by Crippen LogP contribution is 2.22. The number of ether oxygens (including phenoxy) is 1. The third-order valence-electron chi connectivity index (χ3n) is 4.41. The number of hydrogen-bond acceptors (Lipinski definition) is 3. The minimum absolute atomic E-state index is 0.333. The Bertz CT molecular complexity index is 561. The number of nitrogens with zero attached hydrogens (tertiary/aromatic N) is 3. The van der Waals surface area contributed by atoms with Crippen molar-refractivity contribution in [3.8, 4) is 0 Å². The first-order valence-corrected chi connectivity index (χ1v) is 8.20. The summed E-state index contributed by atoms with van der Waals surface area (Å²) in [5.41, 5.74) is 1.32. The van der Waals surface area contributed by atoms with Gasteiger partial charge in [0.2, 0.25) is 0 Å². The summed E-state index contributed by atoms with van der Waals surface area (Å²) in [6, 6.07) is 10.6. The summed E-state index contributed by atoms with van der Waals surface area (Å²) in [4.78, 5) is 7.07. The van der Waals surface area contributed by atoms with Crippen LogP contribution in [0.3, 0.4) is 0 Å². The third kappa shape index (κ3) is 3.76. The second kappa shape index (κ2) is 7.56. The van der Waals surface area contributed by atoms with Crippen LogP contribution in [0.1, 0.15) is 30.7 Å². The maximum absolute atomic E-state index is 5.39. The molecule has 1 saturated heterocycles. The molecule has 3 rings (SSSR count). The van der Waals surface area contributed by atoms with Crippen LogP contribution in [0.4, 0.5) is 0 Å². The quantitative estimate of drug-likeness (QED) is 0.821. The highest BCUT2D eigenvalue weighted by Gasteiger charge is 2.14. The highest BCUT2D eigenvalue weighted by molar-refractivity contribution is 5.24. The van der Waals surface area contributed by atoms with Crippen molar-refractivity contribution < 1.29 is 4.74 Å². The molecule has 1 aromatic heterocycles. The van der Waals surface area contributed by atoms with E-state index in [-0.39, 0.29) is 0 Å². The van der Waals surface area contributed by atoms with Gasteiger partial charge in [-0.3, -0.25) is 4.90 Å². The topological polar surface area (TPSA) is 30.3 Å². The second-order valence-corrected chi connectivity index (χ2v) is 5.92. The van der Waals surface area contributed by atoms with Crippen molar-refractivity contribution in [1.82, 2.24) is 14.5 Å². The van der Waals surface area contributed by atoms with Crippen LogP contribution in [0, 0.1) is 0 Å². The predicted molar refractivity (Wildman–Crippen MR) is 88.1 cm³/mol. The molecule has 1 aliphatic rings. The molecule has 2 aromatic rings. The van der Waals surface area contributed by atoms with Crippen LogP contribution in [-0.2, 0) is 11.3 Å². The van der Waals surface area contributed by atoms with Crippen LogP contribution in [0.2, 0.25) is 0 Å². The number of morpholine rings is 1. The summed E-state index contributed by atoms with van der Waals surface area (Å²) in [5, 5.41) is 0. The summed E-state index contributed by atoms with van der Waals surface area (Å²) in [7, 11) is 0. The van der Waals surface area contributed by atoms with Gasteiger partial charge in [-0.15, -0.1) is 0 Å². The Labute approximate surface area is 132 Å². The molecular formula is C18H25N3O. The molecule has 4 heteroatoms. The van der Waals surface area contributed by atoms with E-state index in [9.17, 15) is 0 Å². The molecule has 22 heavy (non-hydrogen) atoms. The van der Waals surface area contributed by atoms with E-state index in [2.05, 4.69) is 57.9 Å². The molecular weight excluding hydrogens is 274 g/mol. The van der Waals surface area contributed by atoms with Crippen molar-refractivity contribution in [2.45, 2.75) is 25.8 Å². The van der Waals surface area contributed by atoms with E-state index in [4.69, 9.17) is 4.74 Å². The summed E-state index contributed by atoms with van der Waals surface area (Å²) in [6.07, 6.45) is 5.18.